The maximum absolute atomic E-state index is 13.2. The van der Waals surface area contributed by atoms with E-state index in [9.17, 15) is 17.2 Å². The van der Waals surface area contributed by atoms with Gasteiger partial charge in [-0.3, -0.25) is 0 Å². The predicted molar refractivity (Wildman–Crippen MR) is 67.2 cm³/mol. The Morgan fingerprint density at radius 2 is 1.72 bits per heavy atom. The highest BCUT2D eigenvalue weighted by molar-refractivity contribution is 7.92. The van der Waals surface area contributed by atoms with Crippen molar-refractivity contribution in [3.63, 3.8) is 0 Å². The molecule has 1 unspecified atom stereocenters. The van der Waals surface area contributed by atoms with E-state index in [0.29, 0.717) is 0 Å². The molecule has 18 heavy (non-hydrogen) atoms. The van der Waals surface area contributed by atoms with Crippen molar-refractivity contribution < 1.29 is 17.2 Å². The van der Waals surface area contributed by atoms with E-state index < -0.39 is 32.3 Å². The van der Waals surface area contributed by atoms with Crippen LogP contribution in [0.5, 0.6) is 0 Å². The first-order chi connectivity index (χ1) is 7.98. The predicted octanol–water partition coefficient (Wildman–Crippen LogP) is 2.44. The van der Waals surface area contributed by atoms with Crippen molar-refractivity contribution >= 4 is 21.4 Å². The number of hydrogen-bond acceptors (Lipinski definition) is 3. The molecule has 0 saturated heterocycles. The lowest BCUT2D eigenvalue weighted by Gasteiger charge is -2.30. The summed E-state index contributed by atoms with van der Waals surface area (Å²) in [6.07, 6.45) is 1.03. The number of sulfone groups is 1. The summed E-state index contributed by atoms with van der Waals surface area (Å²) in [5, 5.41) is -0.0990. The van der Waals surface area contributed by atoms with Gasteiger partial charge < -0.3 is 5.73 Å². The molecule has 1 aromatic carbocycles. The maximum atomic E-state index is 13.2. The summed E-state index contributed by atoms with van der Waals surface area (Å²) in [7, 11) is -3.49. The normalized spacial score (nSPS) is 14.6. The SMILES string of the molecule is CC(C)(C(N)c1cc(F)c(F)cc1Cl)S(C)(=O)=O. The largest absolute Gasteiger partial charge is 0.323 e. The summed E-state index contributed by atoms with van der Waals surface area (Å²) in [6, 6.07) is 0.551. The highest BCUT2D eigenvalue weighted by Gasteiger charge is 2.38. The molecule has 7 heteroatoms. The summed E-state index contributed by atoms with van der Waals surface area (Å²) in [4.78, 5) is 0. The van der Waals surface area contributed by atoms with Gasteiger partial charge in [-0.05, 0) is 31.5 Å². The van der Waals surface area contributed by atoms with Crippen LogP contribution in [0.4, 0.5) is 8.78 Å². The molecule has 0 aliphatic carbocycles. The molecule has 0 amide bonds. The van der Waals surface area contributed by atoms with E-state index in [-0.39, 0.29) is 10.6 Å². The smallest absolute Gasteiger partial charge is 0.160 e. The van der Waals surface area contributed by atoms with E-state index >= 15 is 0 Å². The molecule has 102 valence electrons. The Hall–Kier alpha value is -0.720. The molecule has 0 heterocycles. The number of halogens is 3. The molecule has 0 spiro atoms. The van der Waals surface area contributed by atoms with Crippen molar-refractivity contribution in [3.05, 3.63) is 34.4 Å². The van der Waals surface area contributed by atoms with Crippen molar-refractivity contribution in [2.45, 2.75) is 24.6 Å². The minimum Gasteiger partial charge on any atom is -0.323 e. The zero-order valence-electron chi connectivity index (χ0n) is 10.2. The summed E-state index contributed by atoms with van der Waals surface area (Å²) in [5.41, 5.74) is 5.89. The molecule has 0 bridgehead atoms. The van der Waals surface area contributed by atoms with Crippen molar-refractivity contribution in [2.75, 3.05) is 6.26 Å². The average molecular weight is 298 g/mol. The Labute approximate surface area is 110 Å². The highest BCUT2D eigenvalue weighted by atomic mass is 35.5. The summed E-state index contributed by atoms with van der Waals surface area (Å²) < 4.78 is 48.0. The van der Waals surface area contributed by atoms with Crippen LogP contribution in [0.1, 0.15) is 25.5 Å². The van der Waals surface area contributed by atoms with Crippen molar-refractivity contribution in [3.8, 4) is 0 Å². The lowest BCUT2D eigenvalue weighted by atomic mass is 9.96. The van der Waals surface area contributed by atoms with E-state index in [1.165, 1.54) is 13.8 Å². The molecule has 0 aliphatic heterocycles. The molecule has 1 atom stereocenters. The third kappa shape index (κ3) is 2.65. The third-order valence-electron chi connectivity index (χ3n) is 3.08. The standard InChI is InChI=1S/C11H14ClF2NO2S/c1-11(2,18(3,16)17)10(15)6-4-8(13)9(14)5-7(6)12/h4-5,10H,15H2,1-3H3. The van der Waals surface area contributed by atoms with Crippen LogP contribution >= 0.6 is 11.6 Å². The van der Waals surface area contributed by atoms with Crippen LogP contribution in [0.3, 0.4) is 0 Å². The monoisotopic (exact) mass is 297 g/mol. The Morgan fingerprint density at radius 1 is 1.28 bits per heavy atom. The second-order valence-corrected chi connectivity index (χ2v) is 7.64. The van der Waals surface area contributed by atoms with Crippen molar-refractivity contribution in [1.29, 1.82) is 0 Å². The van der Waals surface area contributed by atoms with Crippen LogP contribution in [-0.2, 0) is 9.84 Å². The Bertz CT molecular complexity index is 573. The quantitative estimate of drug-likeness (QED) is 0.872. The lowest BCUT2D eigenvalue weighted by Crippen LogP contribution is -2.42. The minimum atomic E-state index is -3.49. The molecule has 2 N–H and O–H groups in total. The van der Waals surface area contributed by atoms with Crippen LogP contribution < -0.4 is 5.73 Å². The molecule has 0 radical (unpaired) electrons. The fraction of sp³-hybridized carbons (Fsp3) is 0.455. The fourth-order valence-electron chi connectivity index (χ4n) is 1.38. The zero-order valence-corrected chi connectivity index (χ0v) is 11.7. The van der Waals surface area contributed by atoms with Gasteiger partial charge in [0.2, 0.25) is 0 Å². The van der Waals surface area contributed by atoms with E-state index in [1.54, 1.807) is 0 Å². The Kier molecular flexibility index (Phi) is 4.05. The second-order valence-electron chi connectivity index (χ2n) is 4.64. The number of rotatable bonds is 3. The topological polar surface area (TPSA) is 60.2 Å². The van der Waals surface area contributed by atoms with Crippen molar-refractivity contribution in [1.82, 2.24) is 0 Å². The minimum absolute atomic E-state index is 0.0611. The van der Waals surface area contributed by atoms with Gasteiger partial charge in [0, 0.05) is 11.3 Å². The number of hydrogen-bond donors (Lipinski definition) is 1. The van der Waals surface area contributed by atoms with Crippen LogP contribution in [-0.4, -0.2) is 19.4 Å². The Morgan fingerprint density at radius 3 is 2.17 bits per heavy atom. The van der Waals surface area contributed by atoms with Gasteiger partial charge in [0.15, 0.2) is 21.5 Å². The van der Waals surface area contributed by atoms with E-state index in [0.717, 1.165) is 18.4 Å². The van der Waals surface area contributed by atoms with Gasteiger partial charge in [-0.1, -0.05) is 11.6 Å². The second kappa shape index (κ2) is 4.75. The van der Waals surface area contributed by atoms with Gasteiger partial charge in [0.25, 0.3) is 0 Å². The van der Waals surface area contributed by atoms with Crippen LogP contribution in [0.25, 0.3) is 0 Å². The van der Waals surface area contributed by atoms with Gasteiger partial charge in [-0.25, -0.2) is 17.2 Å². The van der Waals surface area contributed by atoms with Crippen LogP contribution in [0.2, 0.25) is 5.02 Å². The molecule has 0 aromatic heterocycles. The van der Waals surface area contributed by atoms with Gasteiger partial charge in [0.05, 0.1) is 10.8 Å². The maximum Gasteiger partial charge on any atom is 0.160 e. The number of nitrogens with two attached hydrogens (primary N) is 1. The molecule has 3 nitrogen and oxygen atoms in total. The van der Waals surface area contributed by atoms with Gasteiger partial charge in [-0.15, -0.1) is 0 Å². The molecule has 1 aromatic rings. The molecule has 0 fully saturated rings. The average Bonchev–Trinajstić information content (AvgIpc) is 2.20. The lowest BCUT2D eigenvalue weighted by molar-refractivity contribution is 0.483. The molecule has 0 saturated carbocycles. The van der Waals surface area contributed by atoms with E-state index in [2.05, 4.69) is 0 Å². The fourth-order valence-corrected chi connectivity index (χ4v) is 2.24. The molecular formula is C11H14ClF2NO2S. The first-order valence-electron chi connectivity index (χ1n) is 5.08. The van der Waals surface area contributed by atoms with E-state index in [1.807, 2.05) is 0 Å². The third-order valence-corrected chi connectivity index (χ3v) is 5.57. The first kappa shape index (κ1) is 15.3. The van der Waals surface area contributed by atoms with Crippen LogP contribution in [0.15, 0.2) is 12.1 Å². The summed E-state index contributed by atoms with van der Waals surface area (Å²) in [5.74, 6) is -2.22. The van der Waals surface area contributed by atoms with Crippen LogP contribution in [0, 0.1) is 11.6 Å². The first-order valence-corrected chi connectivity index (χ1v) is 7.35. The van der Waals surface area contributed by atoms with Crippen molar-refractivity contribution in [2.24, 2.45) is 5.73 Å². The number of benzene rings is 1. The Balaban J connectivity index is 3.36. The highest BCUT2D eigenvalue weighted by Crippen LogP contribution is 2.34. The molecule has 0 aliphatic rings. The summed E-state index contributed by atoms with van der Waals surface area (Å²) >= 11 is 5.77. The van der Waals surface area contributed by atoms with Gasteiger partial charge in [-0.2, -0.15) is 0 Å². The van der Waals surface area contributed by atoms with Gasteiger partial charge in [0.1, 0.15) is 0 Å². The summed E-state index contributed by atoms with van der Waals surface area (Å²) in [6.45, 7) is 2.81. The zero-order chi connectivity index (χ0) is 14.3. The molecule has 1 rings (SSSR count). The van der Waals surface area contributed by atoms with E-state index in [4.69, 9.17) is 17.3 Å². The van der Waals surface area contributed by atoms with Gasteiger partial charge >= 0.3 is 0 Å². The molecular weight excluding hydrogens is 284 g/mol.